The van der Waals surface area contributed by atoms with Gasteiger partial charge in [0.1, 0.15) is 11.3 Å². The number of aryl methyl sites for hydroxylation is 1. The number of aliphatic carboxylic acids is 1. The number of carbonyl (C=O) groups is 2. The van der Waals surface area contributed by atoms with Gasteiger partial charge in [0.15, 0.2) is 5.76 Å². The highest BCUT2D eigenvalue weighted by Crippen LogP contribution is 2.49. The van der Waals surface area contributed by atoms with E-state index < -0.39 is 17.5 Å². The second-order valence-corrected chi connectivity index (χ2v) is 9.74. The van der Waals surface area contributed by atoms with Crippen LogP contribution < -0.4 is 0 Å². The highest BCUT2D eigenvalue weighted by Gasteiger charge is 2.49. The molecule has 0 bridgehead atoms. The number of carboxylic acids is 1. The summed E-state index contributed by atoms with van der Waals surface area (Å²) >= 11 is 16.1. The molecule has 0 radical (unpaired) electrons. The molecule has 6 nitrogen and oxygen atoms in total. The molecule has 172 valence electrons. The SMILES string of the molecule is Cc1c2n(c3cccc(/C=C/C(=O)O)c13)C(=O)c1c(-c3c(Cl)cc(Br)cc3Cl)noc1C2(C)F. The number of hydrogen-bond donors (Lipinski definition) is 1. The van der Waals surface area contributed by atoms with Crippen LogP contribution in [0.25, 0.3) is 28.2 Å². The third-order valence-electron chi connectivity index (χ3n) is 5.90. The first kappa shape index (κ1) is 22.8. The molecule has 1 atom stereocenters. The Balaban J connectivity index is 1.82. The summed E-state index contributed by atoms with van der Waals surface area (Å²) < 4.78 is 23.8. The molecule has 2 aromatic heterocycles. The van der Waals surface area contributed by atoms with Crippen LogP contribution in [-0.2, 0) is 10.5 Å². The summed E-state index contributed by atoms with van der Waals surface area (Å²) in [7, 11) is 0. The summed E-state index contributed by atoms with van der Waals surface area (Å²) in [6.45, 7) is 2.98. The van der Waals surface area contributed by atoms with Crippen LogP contribution in [0.5, 0.6) is 0 Å². The number of carboxylic acid groups (broad SMARTS) is 1. The van der Waals surface area contributed by atoms with E-state index in [1.165, 1.54) is 17.6 Å². The number of alkyl halides is 1. The van der Waals surface area contributed by atoms with Gasteiger partial charge in [-0.15, -0.1) is 0 Å². The molecule has 0 saturated heterocycles. The van der Waals surface area contributed by atoms with E-state index in [1.807, 2.05) is 0 Å². The maximum absolute atomic E-state index is 16.5. The Labute approximate surface area is 210 Å². The maximum atomic E-state index is 16.5. The zero-order chi connectivity index (χ0) is 24.5. The minimum Gasteiger partial charge on any atom is -0.478 e. The molecule has 1 aliphatic heterocycles. The minimum absolute atomic E-state index is 0.0402. The molecular weight excluding hydrogens is 550 g/mol. The lowest BCUT2D eigenvalue weighted by atomic mass is 9.89. The number of hydrogen-bond acceptors (Lipinski definition) is 4. The Bertz CT molecular complexity index is 1560. The molecule has 1 unspecified atom stereocenters. The van der Waals surface area contributed by atoms with Gasteiger partial charge in [-0.1, -0.05) is 56.4 Å². The van der Waals surface area contributed by atoms with Gasteiger partial charge in [0.05, 0.1) is 21.3 Å². The van der Waals surface area contributed by atoms with E-state index in [0.29, 0.717) is 26.5 Å². The van der Waals surface area contributed by atoms with Crippen LogP contribution in [0.15, 0.2) is 45.4 Å². The minimum atomic E-state index is -2.22. The average molecular weight is 564 g/mol. The van der Waals surface area contributed by atoms with E-state index in [2.05, 4.69) is 21.1 Å². The molecule has 0 amide bonds. The lowest BCUT2D eigenvalue weighted by molar-refractivity contribution is -0.131. The van der Waals surface area contributed by atoms with Gasteiger partial charge in [-0.05, 0) is 49.2 Å². The largest absolute Gasteiger partial charge is 0.478 e. The number of benzene rings is 2. The smallest absolute Gasteiger partial charge is 0.328 e. The first-order chi connectivity index (χ1) is 16.0. The van der Waals surface area contributed by atoms with Crippen LogP contribution in [-0.4, -0.2) is 26.7 Å². The first-order valence-corrected chi connectivity index (χ1v) is 11.5. The van der Waals surface area contributed by atoms with E-state index in [4.69, 9.17) is 32.8 Å². The number of halogens is 4. The van der Waals surface area contributed by atoms with Crippen molar-refractivity contribution in [2.75, 3.05) is 0 Å². The topological polar surface area (TPSA) is 85.3 Å². The fourth-order valence-corrected chi connectivity index (χ4v) is 5.99. The Hall–Kier alpha value is -2.94. The molecule has 5 rings (SSSR count). The van der Waals surface area contributed by atoms with Gasteiger partial charge >= 0.3 is 5.97 Å². The van der Waals surface area contributed by atoms with Crippen LogP contribution >= 0.6 is 39.1 Å². The summed E-state index contributed by atoms with van der Waals surface area (Å²) in [6.07, 6.45) is 2.40. The molecule has 0 saturated carbocycles. The Kier molecular flexibility index (Phi) is 5.24. The Morgan fingerprint density at radius 2 is 1.94 bits per heavy atom. The normalized spacial score (nSPS) is 17.4. The lowest BCUT2D eigenvalue weighted by Gasteiger charge is -2.26. The lowest BCUT2D eigenvalue weighted by Crippen LogP contribution is -2.33. The highest BCUT2D eigenvalue weighted by molar-refractivity contribution is 9.10. The molecule has 0 spiro atoms. The maximum Gasteiger partial charge on any atom is 0.328 e. The van der Waals surface area contributed by atoms with Crippen molar-refractivity contribution in [3.05, 3.63) is 79.1 Å². The molecule has 1 aliphatic rings. The van der Waals surface area contributed by atoms with E-state index >= 15 is 4.39 Å². The highest BCUT2D eigenvalue weighted by atomic mass is 79.9. The summed E-state index contributed by atoms with van der Waals surface area (Å²) in [5, 5.41) is 14.0. The van der Waals surface area contributed by atoms with Crippen molar-refractivity contribution < 1.29 is 23.6 Å². The second-order valence-electron chi connectivity index (χ2n) is 8.01. The van der Waals surface area contributed by atoms with Crippen molar-refractivity contribution in [1.82, 2.24) is 9.72 Å². The Morgan fingerprint density at radius 3 is 2.59 bits per heavy atom. The molecule has 4 aromatic rings. The number of rotatable bonds is 3. The molecule has 2 aromatic carbocycles. The van der Waals surface area contributed by atoms with E-state index in [9.17, 15) is 9.59 Å². The third-order valence-corrected chi connectivity index (χ3v) is 6.95. The number of fused-ring (bicyclic) bond motifs is 4. The standard InChI is InChI=1S/C24H14BrCl2FN2O4/c1-10-17-11(6-7-16(31)32)4-3-5-15(17)30-21(10)24(2,28)22-19(23(30)33)20(29-34-22)18-13(26)8-12(25)9-14(18)27/h3-9H,1-2H3,(H,31,32)/b7-6+. The van der Waals surface area contributed by atoms with E-state index in [0.717, 1.165) is 6.08 Å². The van der Waals surface area contributed by atoms with Crippen molar-refractivity contribution in [3.63, 3.8) is 0 Å². The number of nitrogens with zero attached hydrogens (tertiary/aromatic N) is 2. The average Bonchev–Trinajstić information content (AvgIpc) is 3.32. The van der Waals surface area contributed by atoms with Gasteiger partial charge in [0.2, 0.25) is 5.67 Å². The molecule has 10 heteroatoms. The molecular formula is C24H14BrCl2FN2O4. The zero-order valence-corrected chi connectivity index (χ0v) is 20.7. The van der Waals surface area contributed by atoms with Gasteiger partial charge in [-0.3, -0.25) is 9.36 Å². The molecule has 1 N–H and O–H groups in total. The fraction of sp³-hybridized carbons (Fsp3) is 0.125. The molecule has 0 aliphatic carbocycles. The van der Waals surface area contributed by atoms with Gasteiger partial charge in [-0.25, -0.2) is 9.18 Å². The molecule has 0 fully saturated rings. The molecule has 34 heavy (non-hydrogen) atoms. The van der Waals surface area contributed by atoms with Crippen molar-refractivity contribution >= 4 is 68.0 Å². The van der Waals surface area contributed by atoms with Crippen molar-refractivity contribution in [2.24, 2.45) is 0 Å². The first-order valence-electron chi connectivity index (χ1n) is 9.98. The number of aromatic nitrogens is 2. The number of carbonyl (C=O) groups excluding carboxylic acids is 1. The van der Waals surface area contributed by atoms with E-state index in [-0.39, 0.29) is 38.3 Å². The van der Waals surface area contributed by atoms with Crippen LogP contribution in [0.2, 0.25) is 10.0 Å². The monoisotopic (exact) mass is 562 g/mol. The van der Waals surface area contributed by atoms with Crippen molar-refractivity contribution in [2.45, 2.75) is 19.5 Å². The van der Waals surface area contributed by atoms with Crippen LogP contribution in [0.4, 0.5) is 4.39 Å². The van der Waals surface area contributed by atoms with Gasteiger partial charge < -0.3 is 9.63 Å². The summed E-state index contributed by atoms with van der Waals surface area (Å²) in [5.74, 6) is -1.92. The van der Waals surface area contributed by atoms with Gasteiger partial charge in [0, 0.05) is 21.5 Å². The molecule has 3 heterocycles. The van der Waals surface area contributed by atoms with Crippen LogP contribution in [0.3, 0.4) is 0 Å². The van der Waals surface area contributed by atoms with Gasteiger partial charge in [-0.2, -0.15) is 0 Å². The third kappa shape index (κ3) is 3.16. The second kappa shape index (κ2) is 7.80. The predicted octanol–water partition coefficient (Wildman–Crippen LogP) is 7.01. The van der Waals surface area contributed by atoms with Gasteiger partial charge in [0.25, 0.3) is 5.91 Å². The van der Waals surface area contributed by atoms with Crippen molar-refractivity contribution in [1.29, 1.82) is 0 Å². The van der Waals surface area contributed by atoms with Crippen LogP contribution in [0, 0.1) is 6.92 Å². The summed E-state index contributed by atoms with van der Waals surface area (Å²) in [5.41, 5.74) is -0.460. The fourth-order valence-electron chi connectivity index (χ4n) is 4.60. The quantitative estimate of drug-likeness (QED) is 0.271. The summed E-state index contributed by atoms with van der Waals surface area (Å²) in [6, 6.07) is 8.23. The van der Waals surface area contributed by atoms with Crippen molar-refractivity contribution in [3.8, 4) is 11.3 Å². The zero-order valence-electron chi connectivity index (χ0n) is 17.6. The summed E-state index contributed by atoms with van der Waals surface area (Å²) in [4.78, 5) is 24.9. The predicted molar refractivity (Wildman–Crippen MR) is 130 cm³/mol. The van der Waals surface area contributed by atoms with Crippen LogP contribution in [0.1, 0.15) is 39.9 Å². The Morgan fingerprint density at radius 1 is 1.26 bits per heavy atom. The van der Waals surface area contributed by atoms with E-state index in [1.54, 1.807) is 37.3 Å².